The highest BCUT2D eigenvalue weighted by Crippen LogP contribution is 2.11. The zero-order valence-electron chi connectivity index (χ0n) is 14.2. The van der Waals surface area contributed by atoms with E-state index in [1.54, 1.807) is 24.3 Å². The third-order valence-electron chi connectivity index (χ3n) is 3.54. The average molecular weight is 340 g/mol. The van der Waals surface area contributed by atoms with Gasteiger partial charge in [0.1, 0.15) is 6.54 Å². The standard InChI is InChI=1S/C19H20N2O4/c1-13-3-5-14(6-4-13)11-17(22)21-16-9-7-15(8-10-16)19(24)20-12-18(23)25-2/h3-10H,11-12H2,1-2H3,(H,20,24)(H,21,22). The highest BCUT2D eigenvalue weighted by atomic mass is 16.5. The molecular weight excluding hydrogens is 320 g/mol. The van der Waals surface area contributed by atoms with Gasteiger partial charge in [-0.3, -0.25) is 14.4 Å². The molecule has 25 heavy (non-hydrogen) atoms. The zero-order chi connectivity index (χ0) is 18.2. The van der Waals surface area contributed by atoms with E-state index in [2.05, 4.69) is 15.4 Å². The number of carbonyl (C=O) groups excluding carboxylic acids is 3. The minimum absolute atomic E-state index is 0.133. The van der Waals surface area contributed by atoms with Crippen LogP contribution in [0.5, 0.6) is 0 Å². The minimum Gasteiger partial charge on any atom is -0.468 e. The van der Waals surface area contributed by atoms with Gasteiger partial charge in [0.2, 0.25) is 5.91 Å². The molecule has 0 heterocycles. The number of ether oxygens (including phenoxy) is 1. The Kier molecular flexibility index (Phi) is 6.28. The molecule has 0 fully saturated rings. The van der Waals surface area contributed by atoms with Crippen LogP contribution in [0.4, 0.5) is 5.69 Å². The van der Waals surface area contributed by atoms with Gasteiger partial charge in [-0.2, -0.15) is 0 Å². The first-order valence-corrected chi connectivity index (χ1v) is 7.78. The summed E-state index contributed by atoms with van der Waals surface area (Å²) < 4.78 is 4.45. The summed E-state index contributed by atoms with van der Waals surface area (Å²) in [5.41, 5.74) is 3.06. The molecule has 2 N–H and O–H groups in total. The number of methoxy groups -OCH3 is 1. The summed E-state index contributed by atoms with van der Waals surface area (Å²) in [6, 6.07) is 14.2. The molecule has 0 aliphatic carbocycles. The molecule has 0 saturated heterocycles. The fourth-order valence-corrected chi connectivity index (χ4v) is 2.13. The molecule has 6 nitrogen and oxygen atoms in total. The predicted octanol–water partition coefficient (Wildman–Crippen LogP) is 2.08. The van der Waals surface area contributed by atoms with Gasteiger partial charge >= 0.3 is 5.97 Å². The van der Waals surface area contributed by atoms with Crippen molar-refractivity contribution in [1.29, 1.82) is 0 Å². The van der Waals surface area contributed by atoms with E-state index in [0.717, 1.165) is 11.1 Å². The molecule has 0 aromatic heterocycles. The van der Waals surface area contributed by atoms with Crippen LogP contribution in [0.25, 0.3) is 0 Å². The number of benzene rings is 2. The number of hydrogen-bond acceptors (Lipinski definition) is 4. The van der Waals surface area contributed by atoms with Crippen LogP contribution in [0.2, 0.25) is 0 Å². The van der Waals surface area contributed by atoms with Gasteiger partial charge < -0.3 is 15.4 Å². The molecular formula is C19H20N2O4. The molecule has 2 aromatic rings. The van der Waals surface area contributed by atoms with Crippen LogP contribution in [0, 0.1) is 6.92 Å². The van der Waals surface area contributed by atoms with Gasteiger partial charge in [-0.25, -0.2) is 0 Å². The van der Waals surface area contributed by atoms with Crippen LogP contribution in [0.3, 0.4) is 0 Å². The van der Waals surface area contributed by atoms with Crippen LogP contribution < -0.4 is 10.6 Å². The third-order valence-corrected chi connectivity index (χ3v) is 3.54. The van der Waals surface area contributed by atoms with Crippen LogP contribution in [0.1, 0.15) is 21.5 Å². The summed E-state index contributed by atoms with van der Waals surface area (Å²) >= 11 is 0. The fourth-order valence-electron chi connectivity index (χ4n) is 2.13. The molecule has 0 radical (unpaired) electrons. The van der Waals surface area contributed by atoms with Crippen LogP contribution in [0.15, 0.2) is 48.5 Å². The minimum atomic E-state index is -0.520. The van der Waals surface area contributed by atoms with Gasteiger partial charge in [0.05, 0.1) is 13.5 Å². The highest BCUT2D eigenvalue weighted by Gasteiger charge is 2.09. The molecule has 2 rings (SSSR count). The van der Waals surface area contributed by atoms with Crippen molar-refractivity contribution in [2.45, 2.75) is 13.3 Å². The normalized spacial score (nSPS) is 10.0. The molecule has 0 bridgehead atoms. The maximum atomic E-state index is 12.1. The van der Waals surface area contributed by atoms with Crippen molar-refractivity contribution in [3.05, 3.63) is 65.2 Å². The van der Waals surface area contributed by atoms with E-state index >= 15 is 0 Å². The van der Waals surface area contributed by atoms with E-state index in [4.69, 9.17) is 0 Å². The molecule has 0 aliphatic heterocycles. The van der Waals surface area contributed by atoms with Crippen LogP contribution >= 0.6 is 0 Å². The quantitative estimate of drug-likeness (QED) is 0.789. The number of amides is 2. The summed E-state index contributed by atoms with van der Waals surface area (Å²) in [5, 5.41) is 5.23. The largest absolute Gasteiger partial charge is 0.468 e. The maximum Gasteiger partial charge on any atom is 0.325 e. The van der Waals surface area contributed by atoms with Crippen LogP contribution in [-0.4, -0.2) is 31.4 Å². The predicted molar refractivity (Wildman–Crippen MR) is 94.3 cm³/mol. The lowest BCUT2D eigenvalue weighted by molar-refractivity contribution is -0.139. The third kappa shape index (κ3) is 5.76. The number of esters is 1. The lowest BCUT2D eigenvalue weighted by atomic mass is 10.1. The van der Waals surface area contributed by atoms with Crippen molar-refractivity contribution in [1.82, 2.24) is 5.32 Å². The summed E-state index contributed by atoms with van der Waals surface area (Å²) in [4.78, 5) is 34.9. The Labute approximate surface area is 146 Å². The van der Waals surface area contributed by atoms with E-state index in [1.165, 1.54) is 7.11 Å². The van der Waals surface area contributed by atoms with Crippen LogP contribution in [-0.2, 0) is 20.7 Å². The van der Waals surface area contributed by atoms with Crippen molar-refractivity contribution in [3.8, 4) is 0 Å². The molecule has 130 valence electrons. The van der Waals surface area contributed by atoms with Gasteiger partial charge in [-0.1, -0.05) is 29.8 Å². The second-order valence-corrected chi connectivity index (χ2v) is 5.55. The van der Waals surface area contributed by atoms with E-state index in [9.17, 15) is 14.4 Å². The fraction of sp³-hybridized carbons (Fsp3) is 0.211. The average Bonchev–Trinajstić information content (AvgIpc) is 2.62. The Morgan fingerprint density at radius 2 is 1.60 bits per heavy atom. The Morgan fingerprint density at radius 3 is 2.20 bits per heavy atom. The maximum absolute atomic E-state index is 12.1. The molecule has 2 aromatic carbocycles. The first kappa shape index (κ1) is 18.2. The number of carbonyl (C=O) groups is 3. The Morgan fingerprint density at radius 1 is 0.960 bits per heavy atom. The molecule has 0 spiro atoms. The number of anilines is 1. The summed E-state index contributed by atoms with van der Waals surface area (Å²) in [7, 11) is 1.25. The first-order chi connectivity index (χ1) is 12.0. The van der Waals surface area contributed by atoms with Gasteiger partial charge in [0.25, 0.3) is 5.91 Å². The Balaban J connectivity index is 1.88. The topological polar surface area (TPSA) is 84.5 Å². The van der Waals surface area contributed by atoms with Gasteiger partial charge in [-0.05, 0) is 36.8 Å². The van der Waals surface area contributed by atoms with E-state index in [-0.39, 0.29) is 24.8 Å². The van der Waals surface area contributed by atoms with Gasteiger partial charge in [-0.15, -0.1) is 0 Å². The number of aryl methyl sites for hydroxylation is 1. The van der Waals surface area contributed by atoms with Gasteiger partial charge in [0.15, 0.2) is 0 Å². The molecule has 0 aliphatic rings. The van der Waals surface area contributed by atoms with Crippen molar-refractivity contribution in [3.63, 3.8) is 0 Å². The zero-order valence-corrected chi connectivity index (χ0v) is 14.2. The summed E-state index contributed by atoms with van der Waals surface area (Å²) in [5.74, 6) is -1.04. The number of nitrogens with one attached hydrogen (secondary N) is 2. The van der Waals surface area contributed by atoms with Crippen molar-refractivity contribution in [2.24, 2.45) is 0 Å². The lowest BCUT2D eigenvalue weighted by Gasteiger charge is -2.07. The van der Waals surface area contributed by atoms with E-state index in [1.807, 2.05) is 31.2 Å². The molecule has 6 heteroatoms. The highest BCUT2D eigenvalue weighted by molar-refractivity contribution is 5.97. The number of hydrogen-bond donors (Lipinski definition) is 2. The van der Waals surface area contributed by atoms with E-state index in [0.29, 0.717) is 11.3 Å². The Bertz CT molecular complexity index is 752. The van der Waals surface area contributed by atoms with Crippen molar-refractivity contribution < 1.29 is 19.1 Å². The molecule has 0 atom stereocenters. The lowest BCUT2D eigenvalue weighted by Crippen LogP contribution is -2.30. The summed E-state index contributed by atoms with van der Waals surface area (Å²) in [6.45, 7) is 1.80. The smallest absolute Gasteiger partial charge is 0.325 e. The second-order valence-electron chi connectivity index (χ2n) is 5.55. The molecule has 0 saturated carbocycles. The SMILES string of the molecule is COC(=O)CNC(=O)c1ccc(NC(=O)Cc2ccc(C)cc2)cc1. The second kappa shape index (κ2) is 8.63. The van der Waals surface area contributed by atoms with Crippen molar-refractivity contribution >= 4 is 23.5 Å². The monoisotopic (exact) mass is 340 g/mol. The Hall–Kier alpha value is -3.15. The number of rotatable bonds is 6. The molecule has 0 unspecified atom stereocenters. The van der Waals surface area contributed by atoms with Gasteiger partial charge in [0, 0.05) is 11.3 Å². The van der Waals surface area contributed by atoms with E-state index < -0.39 is 5.97 Å². The molecule has 2 amide bonds. The summed E-state index contributed by atoms with van der Waals surface area (Å²) in [6.07, 6.45) is 0.279. The first-order valence-electron chi connectivity index (χ1n) is 7.78. The van der Waals surface area contributed by atoms with Crippen molar-refractivity contribution in [2.75, 3.05) is 19.0 Å².